The first-order valence-electron chi connectivity index (χ1n) is 8.37. The molecule has 3 aromatic rings. The molecule has 1 aromatic carbocycles. The molecule has 0 radical (unpaired) electrons. The molecule has 0 spiro atoms. The zero-order chi connectivity index (χ0) is 18.2. The first-order chi connectivity index (χ1) is 12.7. The lowest BCUT2D eigenvalue weighted by atomic mass is 10.1. The Bertz CT molecular complexity index is 832. The Morgan fingerprint density at radius 1 is 1.11 bits per heavy atom. The van der Waals surface area contributed by atoms with Crippen molar-refractivity contribution in [1.82, 2.24) is 25.2 Å². The van der Waals surface area contributed by atoms with Gasteiger partial charge >= 0.3 is 0 Å². The maximum absolute atomic E-state index is 12.9. The molecule has 0 aliphatic rings. The Labute approximate surface area is 175 Å². The van der Waals surface area contributed by atoms with Gasteiger partial charge in [0.1, 0.15) is 18.0 Å². The standard InChI is InChI=1S/C19H21FN6.HI/c1-21-19(23-9-8-15-2-5-17(20)6-3-15)25-13-16-4-7-18(24-12-16)26-11-10-22-14-26;/h2-7,10-12,14H,8-9,13H2,1H3,(H2,21,23,25);1H. The molecule has 0 fully saturated rings. The summed E-state index contributed by atoms with van der Waals surface area (Å²) in [6.45, 7) is 1.33. The third-order valence-electron chi connectivity index (χ3n) is 3.88. The van der Waals surface area contributed by atoms with E-state index in [1.54, 1.807) is 31.7 Å². The van der Waals surface area contributed by atoms with Gasteiger partial charge in [-0.1, -0.05) is 18.2 Å². The monoisotopic (exact) mass is 480 g/mol. The Hall–Kier alpha value is -2.49. The van der Waals surface area contributed by atoms with Crippen LogP contribution in [-0.4, -0.2) is 34.1 Å². The predicted molar refractivity (Wildman–Crippen MR) is 115 cm³/mol. The van der Waals surface area contributed by atoms with Crippen LogP contribution in [0.15, 0.2) is 66.3 Å². The number of pyridine rings is 1. The average molecular weight is 480 g/mol. The average Bonchev–Trinajstić information content (AvgIpc) is 3.21. The van der Waals surface area contributed by atoms with Gasteiger partial charge in [-0.05, 0) is 35.7 Å². The quantitative estimate of drug-likeness (QED) is 0.324. The number of aliphatic imine (C=N–C) groups is 1. The first kappa shape index (κ1) is 20.8. The largest absolute Gasteiger partial charge is 0.356 e. The van der Waals surface area contributed by atoms with Crippen molar-refractivity contribution in [3.63, 3.8) is 0 Å². The Balaban J connectivity index is 0.00000261. The highest BCUT2D eigenvalue weighted by Crippen LogP contribution is 2.05. The molecule has 0 bridgehead atoms. The summed E-state index contributed by atoms with van der Waals surface area (Å²) in [7, 11) is 1.73. The van der Waals surface area contributed by atoms with E-state index in [1.165, 1.54) is 12.1 Å². The molecular formula is C19H22FIN6. The molecule has 6 nitrogen and oxygen atoms in total. The molecule has 2 aromatic heterocycles. The summed E-state index contributed by atoms with van der Waals surface area (Å²) >= 11 is 0. The van der Waals surface area contributed by atoms with E-state index in [2.05, 4.69) is 25.6 Å². The van der Waals surface area contributed by atoms with E-state index in [4.69, 9.17) is 0 Å². The number of guanidine groups is 1. The van der Waals surface area contributed by atoms with Crippen molar-refractivity contribution in [2.24, 2.45) is 4.99 Å². The fraction of sp³-hybridized carbons (Fsp3) is 0.211. The third-order valence-corrected chi connectivity index (χ3v) is 3.88. The van der Waals surface area contributed by atoms with Crippen LogP contribution in [-0.2, 0) is 13.0 Å². The highest BCUT2D eigenvalue weighted by atomic mass is 127. The number of aromatic nitrogens is 3. The van der Waals surface area contributed by atoms with Crippen LogP contribution in [0.3, 0.4) is 0 Å². The van der Waals surface area contributed by atoms with Crippen LogP contribution in [0.25, 0.3) is 5.82 Å². The fourth-order valence-corrected chi connectivity index (χ4v) is 2.45. The summed E-state index contributed by atoms with van der Waals surface area (Å²) < 4.78 is 14.8. The van der Waals surface area contributed by atoms with E-state index in [0.717, 1.165) is 23.4 Å². The smallest absolute Gasteiger partial charge is 0.191 e. The lowest BCUT2D eigenvalue weighted by molar-refractivity contribution is 0.626. The van der Waals surface area contributed by atoms with Crippen molar-refractivity contribution in [2.45, 2.75) is 13.0 Å². The molecule has 0 amide bonds. The molecule has 27 heavy (non-hydrogen) atoms. The summed E-state index contributed by atoms with van der Waals surface area (Å²) in [6.07, 6.45) is 7.91. The van der Waals surface area contributed by atoms with Gasteiger partial charge in [0.25, 0.3) is 0 Å². The second-order valence-corrected chi connectivity index (χ2v) is 5.72. The third kappa shape index (κ3) is 6.31. The molecule has 2 heterocycles. The Morgan fingerprint density at radius 2 is 1.89 bits per heavy atom. The summed E-state index contributed by atoms with van der Waals surface area (Å²) in [6, 6.07) is 10.5. The fourth-order valence-electron chi connectivity index (χ4n) is 2.45. The molecule has 0 atom stereocenters. The summed E-state index contributed by atoms with van der Waals surface area (Å²) in [4.78, 5) is 12.6. The van der Waals surface area contributed by atoms with Gasteiger partial charge in [-0.15, -0.1) is 24.0 Å². The first-order valence-corrected chi connectivity index (χ1v) is 8.37. The van der Waals surface area contributed by atoms with E-state index < -0.39 is 0 Å². The number of hydrogen-bond donors (Lipinski definition) is 2. The molecule has 8 heteroatoms. The Morgan fingerprint density at radius 3 is 2.52 bits per heavy atom. The molecule has 0 unspecified atom stereocenters. The van der Waals surface area contributed by atoms with Crippen LogP contribution in [0, 0.1) is 5.82 Å². The summed E-state index contributed by atoms with van der Waals surface area (Å²) in [5.41, 5.74) is 2.13. The number of hydrogen-bond acceptors (Lipinski definition) is 3. The van der Waals surface area contributed by atoms with E-state index in [0.29, 0.717) is 19.0 Å². The van der Waals surface area contributed by atoms with Crippen molar-refractivity contribution in [3.8, 4) is 5.82 Å². The van der Waals surface area contributed by atoms with Crippen LogP contribution >= 0.6 is 24.0 Å². The number of imidazole rings is 1. The van der Waals surface area contributed by atoms with Gasteiger partial charge in [0.05, 0.1) is 0 Å². The normalized spacial score (nSPS) is 11.0. The Kier molecular flexibility index (Phi) is 8.18. The number of nitrogens with zero attached hydrogens (tertiary/aromatic N) is 4. The van der Waals surface area contributed by atoms with Crippen molar-refractivity contribution >= 4 is 29.9 Å². The van der Waals surface area contributed by atoms with Gasteiger partial charge in [-0.2, -0.15) is 0 Å². The van der Waals surface area contributed by atoms with Gasteiger partial charge in [-0.25, -0.2) is 14.4 Å². The lowest BCUT2D eigenvalue weighted by Crippen LogP contribution is -2.37. The highest BCUT2D eigenvalue weighted by Gasteiger charge is 2.01. The molecule has 2 N–H and O–H groups in total. The molecule has 0 saturated heterocycles. The van der Waals surface area contributed by atoms with Crippen LogP contribution in [0.4, 0.5) is 4.39 Å². The second-order valence-electron chi connectivity index (χ2n) is 5.72. The predicted octanol–water partition coefficient (Wildman–Crippen LogP) is 2.93. The molecule has 0 aliphatic carbocycles. The molecule has 0 saturated carbocycles. The van der Waals surface area contributed by atoms with E-state index in [1.807, 2.05) is 29.1 Å². The number of benzene rings is 1. The van der Waals surface area contributed by atoms with Gasteiger partial charge in [0.2, 0.25) is 0 Å². The number of rotatable bonds is 6. The van der Waals surface area contributed by atoms with E-state index >= 15 is 0 Å². The SMILES string of the molecule is CN=C(NCCc1ccc(F)cc1)NCc1ccc(-n2ccnc2)nc1.I. The highest BCUT2D eigenvalue weighted by molar-refractivity contribution is 14.0. The van der Waals surface area contributed by atoms with Gasteiger partial charge in [0, 0.05) is 38.7 Å². The minimum Gasteiger partial charge on any atom is -0.356 e. The second kappa shape index (κ2) is 10.6. The molecule has 0 aliphatic heterocycles. The van der Waals surface area contributed by atoms with Crippen molar-refractivity contribution in [3.05, 3.63) is 78.3 Å². The van der Waals surface area contributed by atoms with Crippen LogP contribution < -0.4 is 10.6 Å². The van der Waals surface area contributed by atoms with Crippen molar-refractivity contribution in [2.75, 3.05) is 13.6 Å². The van der Waals surface area contributed by atoms with Crippen molar-refractivity contribution in [1.29, 1.82) is 0 Å². The number of nitrogens with one attached hydrogen (secondary N) is 2. The molecule has 3 rings (SSSR count). The van der Waals surface area contributed by atoms with Crippen LogP contribution in [0.2, 0.25) is 0 Å². The summed E-state index contributed by atoms with van der Waals surface area (Å²) in [5, 5.41) is 6.50. The minimum absolute atomic E-state index is 0. The van der Waals surface area contributed by atoms with Crippen molar-refractivity contribution < 1.29 is 4.39 Å². The zero-order valence-electron chi connectivity index (χ0n) is 15.0. The molecule has 142 valence electrons. The minimum atomic E-state index is -0.216. The lowest BCUT2D eigenvalue weighted by Gasteiger charge is -2.12. The van der Waals surface area contributed by atoms with E-state index in [-0.39, 0.29) is 29.8 Å². The zero-order valence-corrected chi connectivity index (χ0v) is 17.3. The van der Waals surface area contributed by atoms with Gasteiger partial charge in [0.15, 0.2) is 5.96 Å². The van der Waals surface area contributed by atoms with Crippen LogP contribution in [0.1, 0.15) is 11.1 Å². The van der Waals surface area contributed by atoms with Crippen LogP contribution in [0.5, 0.6) is 0 Å². The summed E-state index contributed by atoms with van der Waals surface area (Å²) in [5.74, 6) is 1.32. The maximum Gasteiger partial charge on any atom is 0.191 e. The topological polar surface area (TPSA) is 67.1 Å². The van der Waals surface area contributed by atoms with Gasteiger partial charge in [-0.3, -0.25) is 9.56 Å². The number of halogens is 2. The molecular weight excluding hydrogens is 458 g/mol. The maximum atomic E-state index is 12.9. The van der Waals surface area contributed by atoms with E-state index in [9.17, 15) is 4.39 Å². The van der Waals surface area contributed by atoms with Gasteiger partial charge < -0.3 is 10.6 Å².